The summed E-state index contributed by atoms with van der Waals surface area (Å²) in [7, 11) is 0. The van der Waals surface area contributed by atoms with E-state index in [0.29, 0.717) is 0 Å². The molecule has 3 saturated heterocycles. The lowest BCUT2D eigenvalue weighted by atomic mass is 9.96. The summed E-state index contributed by atoms with van der Waals surface area (Å²) < 4.78 is 26.4. The summed E-state index contributed by atoms with van der Waals surface area (Å²) in [5.41, 5.74) is 0. The smallest absolute Gasteiger partial charge is 0.187 e. The standard InChI is InChI=1S/C18H32O16/c19-1-4-7(22)8(23)12(27)17(31-4)34-15-6(3-21)32-18(13(28)10(15)25)33-14-5(2-20)30-16(29)11(26)9(14)24/h4-29H,1-3H2/t4?,5?,6?,7-,8+,9-,10-,11?,12?,13?,14-,15-,16-,17+,18+/m1/s1. The van der Waals surface area contributed by atoms with Gasteiger partial charge < -0.3 is 79.9 Å². The Morgan fingerprint density at radius 1 is 0.441 bits per heavy atom. The highest BCUT2D eigenvalue weighted by molar-refractivity contribution is 4.96. The van der Waals surface area contributed by atoms with Crippen LogP contribution in [0.5, 0.6) is 0 Å². The second-order valence-corrected chi connectivity index (χ2v) is 8.33. The van der Waals surface area contributed by atoms with E-state index in [0.717, 1.165) is 0 Å². The molecule has 0 aromatic carbocycles. The molecule has 11 N–H and O–H groups in total. The van der Waals surface area contributed by atoms with Gasteiger partial charge in [0.05, 0.1) is 19.8 Å². The van der Waals surface area contributed by atoms with Crippen molar-refractivity contribution < 1.29 is 79.9 Å². The summed E-state index contributed by atoms with van der Waals surface area (Å²) >= 11 is 0. The summed E-state index contributed by atoms with van der Waals surface area (Å²) in [6, 6.07) is 0. The Labute approximate surface area is 192 Å². The first-order valence-electron chi connectivity index (χ1n) is 10.6. The van der Waals surface area contributed by atoms with E-state index >= 15 is 0 Å². The molecule has 3 aliphatic heterocycles. The third-order valence-electron chi connectivity index (χ3n) is 6.09. The summed E-state index contributed by atoms with van der Waals surface area (Å²) in [4.78, 5) is 0. The fourth-order valence-corrected chi connectivity index (χ4v) is 4.06. The molecule has 3 rings (SSSR count). The van der Waals surface area contributed by atoms with E-state index in [1.807, 2.05) is 0 Å². The average molecular weight is 504 g/mol. The lowest BCUT2D eigenvalue weighted by Gasteiger charge is -2.47. The van der Waals surface area contributed by atoms with Crippen LogP contribution in [0.4, 0.5) is 0 Å². The van der Waals surface area contributed by atoms with Gasteiger partial charge >= 0.3 is 0 Å². The molecule has 3 heterocycles. The van der Waals surface area contributed by atoms with Crippen molar-refractivity contribution in [1.29, 1.82) is 0 Å². The van der Waals surface area contributed by atoms with Crippen molar-refractivity contribution in [3.05, 3.63) is 0 Å². The van der Waals surface area contributed by atoms with Crippen molar-refractivity contribution in [3.63, 3.8) is 0 Å². The zero-order valence-electron chi connectivity index (χ0n) is 17.7. The van der Waals surface area contributed by atoms with Gasteiger partial charge in [-0.25, -0.2) is 0 Å². The third kappa shape index (κ3) is 5.37. The zero-order chi connectivity index (χ0) is 25.3. The van der Waals surface area contributed by atoms with E-state index in [1.165, 1.54) is 0 Å². The van der Waals surface area contributed by atoms with Gasteiger partial charge in [-0.2, -0.15) is 0 Å². The molecule has 6 unspecified atom stereocenters. The minimum Gasteiger partial charge on any atom is -0.394 e. The van der Waals surface area contributed by atoms with Crippen LogP contribution in [0.25, 0.3) is 0 Å². The molecule has 200 valence electrons. The molecule has 0 spiro atoms. The summed E-state index contributed by atoms with van der Waals surface area (Å²) in [5.74, 6) is 0. The predicted molar refractivity (Wildman–Crippen MR) is 101 cm³/mol. The van der Waals surface area contributed by atoms with Crippen LogP contribution in [0.15, 0.2) is 0 Å². The first kappa shape index (κ1) is 27.9. The van der Waals surface area contributed by atoms with Crippen molar-refractivity contribution >= 4 is 0 Å². The highest BCUT2D eigenvalue weighted by Gasteiger charge is 2.53. The quantitative estimate of drug-likeness (QED) is 0.154. The van der Waals surface area contributed by atoms with Gasteiger partial charge in [0, 0.05) is 0 Å². The highest BCUT2D eigenvalue weighted by Crippen LogP contribution is 2.32. The normalized spacial score (nSPS) is 52.5. The number of aliphatic hydroxyl groups excluding tert-OH is 11. The minimum atomic E-state index is -1.91. The molecule has 15 atom stereocenters. The second kappa shape index (κ2) is 11.6. The summed E-state index contributed by atoms with van der Waals surface area (Å²) in [6.07, 6.45) is -25.1. The Morgan fingerprint density at radius 2 is 0.853 bits per heavy atom. The largest absolute Gasteiger partial charge is 0.394 e. The van der Waals surface area contributed by atoms with Gasteiger partial charge in [0.15, 0.2) is 18.9 Å². The van der Waals surface area contributed by atoms with Gasteiger partial charge in [0.2, 0.25) is 0 Å². The summed E-state index contributed by atoms with van der Waals surface area (Å²) in [5, 5.41) is 109. The molecular formula is C18H32O16. The lowest BCUT2D eigenvalue weighted by Crippen LogP contribution is -2.66. The number of hydrogen-bond donors (Lipinski definition) is 11. The van der Waals surface area contributed by atoms with Crippen LogP contribution in [-0.2, 0) is 23.7 Å². The van der Waals surface area contributed by atoms with E-state index in [4.69, 9.17) is 23.7 Å². The molecule has 0 bridgehead atoms. The van der Waals surface area contributed by atoms with Crippen molar-refractivity contribution in [1.82, 2.24) is 0 Å². The number of hydrogen-bond acceptors (Lipinski definition) is 16. The number of aliphatic hydroxyl groups is 11. The van der Waals surface area contributed by atoms with Crippen LogP contribution < -0.4 is 0 Å². The molecule has 0 amide bonds. The van der Waals surface area contributed by atoms with Crippen LogP contribution in [-0.4, -0.2) is 168 Å². The maximum atomic E-state index is 10.6. The maximum Gasteiger partial charge on any atom is 0.187 e. The van der Waals surface area contributed by atoms with E-state index in [9.17, 15) is 56.2 Å². The molecule has 34 heavy (non-hydrogen) atoms. The average Bonchev–Trinajstić information content (AvgIpc) is 2.83. The Morgan fingerprint density at radius 3 is 1.35 bits per heavy atom. The Bertz CT molecular complexity index is 635. The van der Waals surface area contributed by atoms with Gasteiger partial charge in [-0.15, -0.1) is 0 Å². The Balaban J connectivity index is 1.72. The van der Waals surface area contributed by atoms with E-state index in [1.54, 1.807) is 0 Å². The van der Waals surface area contributed by atoms with Gasteiger partial charge in [-0.05, 0) is 0 Å². The number of rotatable bonds is 7. The zero-order valence-corrected chi connectivity index (χ0v) is 17.7. The van der Waals surface area contributed by atoms with Crippen LogP contribution in [0.2, 0.25) is 0 Å². The SMILES string of the molecule is OCC1O[C@@H](O[C@@H]2C(CO)O[C@@H](O[C@@H]3C(CO)O[C@@H](O)C(O)[C@H]3O)C(O)[C@H]2O)C(O)[C@@H](O)[C@@H]1O. The van der Waals surface area contributed by atoms with Crippen LogP contribution in [0.1, 0.15) is 0 Å². The third-order valence-corrected chi connectivity index (χ3v) is 6.09. The van der Waals surface area contributed by atoms with Gasteiger partial charge in [0.25, 0.3) is 0 Å². The molecule has 0 saturated carbocycles. The molecule has 0 aliphatic carbocycles. The molecule has 3 fully saturated rings. The first-order valence-corrected chi connectivity index (χ1v) is 10.6. The number of ether oxygens (including phenoxy) is 5. The van der Waals surface area contributed by atoms with Crippen LogP contribution in [0.3, 0.4) is 0 Å². The van der Waals surface area contributed by atoms with Crippen LogP contribution >= 0.6 is 0 Å². The topological polar surface area (TPSA) is 269 Å². The van der Waals surface area contributed by atoms with Crippen molar-refractivity contribution in [3.8, 4) is 0 Å². The molecular weight excluding hydrogens is 472 g/mol. The fourth-order valence-electron chi connectivity index (χ4n) is 4.06. The predicted octanol–water partition coefficient (Wildman–Crippen LogP) is -7.57. The Kier molecular flexibility index (Phi) is 9.54. The highest BCUT2D eigenvalue weighted by atomic mass is 16.8. The van der Waals surface area contributed by atoms with E-state index < -0.39 is 112 Å². The molecule has 16 heteroatoms. The molecule has 0 aromatic rings. The van der Waals surface area contributed by atoms with Gasteiger partial charge in [0.1, 0.15) is 73.2 Å². The molecule has 0 radical (unpaired) electrons. The minimum absolute atomic E-state index is 0.741. The molecule has 16 nitrogen and oxygen atoms in total. The fraction of sp³-hybridized carbons (Fsp3) is 1.00. The lowest BCUT2D eigenvalue weighted by molar-refractivity contribution is -0.377. The van der Waals surface area contributed by atoms with Crippen molar-refractivity contribution in [2.45, 2.75) is 92.1 Å². The van der Waals surface area contributed by atoms with Crippen molar-refractivity contribution in [2.24, 2.45) is 0 Å². The molecule has 0 aromatic heterocycles. The monoisotopic (exact) mass is 504 g/mol. The van der Waals surface area contributed by atoms with Gasteiger partial charge in [-0.3, -0.25) is 0 Å². The van der Waals surface area contributed by atoms with E-state index in [2.05, 4.69) is 0 Å². The molecule has 3 aliphatic rings. The first-order chi connectivity index (χ1) is 16.0. The van der Waals surface area contributed by atoms with Crippen molar-refractivity contribution in [2.75, 3.05) is 19.8 Å². The Hall–Kier alpha value is -0.640. The van der Waals surface area contributed by atoms with Gasteiger partial charge in [-0.1, -0.05) is 0 Å². The van der Waals surface area contributed by atoms with Crippen LogP contribution in [0, 0.1) is 0 Å². The second-order valence-electron chi connectivity index (χ2n) is 8.33. The van der Waals surface area contributed by atoms with E-state index in [-0.39, 0.29) is 0 Å². The summed E-state index contributed by atoms with van der Waals surface area (Å²) in [6.45, 7) is -2.32. The maximum absolute atomic E-state index is 10.6.